The molecule has 2 aromatic heterocycles. The van der Waals surface area contributed by atoms with Gasteiger partial charge in [0.1, 0.15) is 11.8 Å². The average molecular weight is 453 g/mol. The van der Waals surface area contributed by atoms with Gasteiger partial charge >= 0.3 is 11.6 Å². The Morgan fingerprint density at radius 2 is 1.79 bits per heavy atom. The lowest BCUT2D eigenvalue weighted by Crippen LogP contribution is -2.12. The fraction of sp³-hybridized carbons (Fsp3) is 0. The first-order chi connectivity index (χ1) is 14.1. The van der Waals surface area contributed by atoms with Crippen molar-refractivity contribution in [3.63, 3.8) is 0 Å². The van der Waals surface area contributed by atoms with Crippen LogP contribution in [-0.2, 0) is 0 Å². The second kappa shape index (κ2) is 8.07. The molecule has 4 rings (SSSR count). The fourth-order valence-electron chi connectivity index (χ4n) is 2.64. The van der Waals surface area contributed by atoms with E-state index in [0.29, 0.717) is 17.0 Å². The van der Waals surface area contributed by atoms with E-state index < -0.39 is 10.6 Å². The van der Waals surface area contributed by atoms with Crippen LogP contribution in [0.25, 0.3) is 10.9 Å². The number of halogens is 1. The van der Waals surface area contributed by atoms with Crippen molar-refractivity contribution in [3.05, 3.63) is 81.7 Å². The number of rotatable bonds is 6. The van der Waals surface area contributed by atoms with Crippen molar-refractivity contribution in [1.82, 2.24) is 15.0 Å². The lowest BCUT2D eigenvalue weighted by molar-refractivity contribution is -0.385. The van der Waals surface area contributed by atoms with Crippen LogP contribution in [0.3, 0.4) is 0 Å². The van der Waals surface area contributed by atoms with Crippen molar-refractivity contribution in [2.75, 3.05) is 10.9 Å². The normalized spacial score (nSPS) is 10.5. The number of fused-ring (bicyclic) bond motifs is 1. The number of nitrogens with one attached hydrogen (secondary N) is 2. The molecule has 0 amide bonds. The molecule has 144 valence electrons. The summed E-state index contributed by atoms with van der Waals surface area (Å²) in [5.74, 6) is 0.113. The van der Waals surface area contributed by atoms with Crippen LogP contribution in [0.4, 0.5) is 17.2 Å². The van der Waals surface area contributed by atoms with Gasteiger partial charge in [0.2, 0.25) is 5.82 Å². The maximum absolute atomic E-state index is 11.7. The van der Waals surface area contributed by atoms with Gasteiger partial charge in [-0.25, -0.2) is 4.98 Å². The number of pyridine rings is 1. The van der Waals surface area contributed by atoms with Crippen molar-refractivity contribution in [2.24, 2.45) is 0 Å². The largest absolute Gasteiger partial charge is 0.431 e. The van der Waals surface area contributed by atoms with E-state index >= 15 is 0 Å². The number of nitrogens with zero attached hydrogens (tertiary/aromatic N) is 4. The molecule has 0 saturated carbocycles. The summed E-state index contributed by atoms with van der Waals surface area (Å²) in [6.45, 7) is 0. The summed E-state index contributed by atoms with van der Waals surface area (Å²) in [6.07, 6.45) is 2.80. The standard InChI is InChI=1S/C19H13BrN6O3/c20-14-8-9-15(16-13(14)7-4-10-21-16)29-19-17(26(27)28)18(22-11-23-19)25-24-12-5-2-1-3-6-12/h1-11,24H,(H,22,23,25). The van der Waals surface area contributed by atoms with Crippen LogP contribution in [0.15, 0.2) is 71.6 Å². The molecule has 0 fully saturated rings. The smallest absolute Gasteiger partial charge is 0.374 e. The van der Waals surface area contributed by atoms with Crippen molar-refractivity contribution in [2.45, 2.75) is 0 Å². The number of benzene rings is 2. The topological polar surface area (TPSA) is 115 Å². The van der Waals surface area contributed by atoms with Gasteiger partial charge in [0.15, 0.2) is 5.75 Å². The third-order valence-electron chi connectivity index (χ3n) is 3.96. The fourth-order valence-corrected chi connectivity index (χ4v) is 3.10. The summed E-state index contributed by atoms with van der Waals surface area (Å²) in [4.78, 5) is 23.4. The minimum Gasteiger partial charge on any atom is -0.431 e. The Labute approximate surface area is 173 Å². The Kier molecular flexibility index (Phi) is 5.16. The first kappa shape index (κ1) is 18.6. The van der Waals surface area contributed by atoms with E-state index in [2.05, 4.69) is 41.7 Å². The highest BCUT2D eigenvalue weighted by Crippen LogP contribution is 2.37. The summed E-state index contributed by atoms with van der Waals surface area (Å²) in [5, 5.41) is 12.5. The Hall–Kier alpha value is -3.79. The van der Waals surface area contributed by atoms with E-state index in [9.17, 15) is 10.1 Å². The van der Waals surface area contributed by atoms with Gasteiger partial charge in [0.25, 0.3) is 0 Å². The Bertz CT molecular complexity index is 1190. The van der Waals surface area contributed by atoms with Crippen LogP contribution in [0.5, 0.6) is 11.6 Å². The van der Waals surface area contributed by atoms with Gasteiger partial charge in [0.05, 0.1) is 10.6 Å². The lowest BCUT2D eigenvalue weighted by Gasteiger charge is -2.12. The molecule has 0 aliphatic rings. The van der Waals surface area contributed by atoms with Gasteiger partial charge in [-0.1, -0.05) is 40.2 Å². The van der Waals surface area contributed by atoms with Crippen LogP contribution >= 0.6 is 15.9 Å². The zero-order valence-electron chi connectivity index (χ0n) is 14.7. The molecule has 0 saturated heterocycles. The number of para-hydroxylation sites is 1. The summed E-state index contributed by atoms with van der Waals surface area (Å²) >= 11 is 3.46. The van der Waals surface area contributed by atoms with E-state index in [-0.39, 0.29) is 11.7 Å². The van der Waals surface area contributed by atoms with Crippen molar-refractivity contribution < 1.29 is 9.66 Å². The quantitative estimate of drug-likeness (QED) is 0.312. The molecule has 9 nitrogen and oxygen atoms in total. The molecule has 10 heteroatoms. The summed E-state index contributed by atoms with van der Waals surface area (Å²) < 4.78 is 6.62. The summed E-state index contributed by atoms with van der Waals surface area (Å²) in [5.41, 5.74) is 6.46. The van der Waals surface area contributed by atoms with Crippen molar-refractivity contribution >= 4 is 44.0 Å². The zero-order valence-corrected chi connectivity index (χ0v) is 16.3. The number of ether oxygens (including phenoxy) is 1. The SMILES string of the molecule is O=[N+]([O-])c1c(NNc2ccccc2)ncnc1Oc1ccc(Br)c2cccnc12. The average Bonchev–Trinajstić information content (AvgIpc) is 2.75. The molecule has 0 atom stereocenters. The van der Waals surface area contributed by atoms with Crippen LogP contribution in [0.1, 0.15) is 0 Å². The highest BCUT2D eigenvalue weighted by molar-refractivity contribution is 9.10. The van der Waals surface area contributed by atoms with Crippen LogP contribution < -0.4 is 15.6 Å². The van der Waals surface area contributed by atoms with Crippen molar-refractivity contribution in [1.29, 1.82) is 0 Å². The Morgan fingerprint density at radius 1 is 0.966 bits per heavy atom. The van der Waals surface area contributed by atoms with Gasteiger partial charge in [0, 0.05) is 16.1 Å². The van der Waals surface area contributed by atoms with E-state index in [1.54, 1.807) is 36.5 Å². The second-order valence-electron chi connectivity index (χ2n) is 5.80. The number of aromatic nitrogens is 3. The molecule has 2 aromatic carbocycles. The molecule has 4 aromatic rings. The van der Waals surface area contributed by atoms with Crippen molar-refractivity contribution in [3.8, 4) is 11.6 Å². The predicted octanol–water partition coefficient (Wildman–Crippen LogP) is 4.93. The molecule has 0 bridgehead atoms. The van der Waals surface area contributed by atoms with E-state index in [0.717, 1.165) is 9.86 Å². The monoisotopic (exact) mass is 452 g/mol. The van der Waals surface area contributed by atoms with Gasteiger partial charge in [-0.05, 0) is 30.3 Å². The molecule has 2 N–H and O–H groups in total. The van der Waals surface area contributed by atoms with Gasteiger partial charge in [-0.15, -0.1) is 0 Å². The van der Waals surface area contributed by atoms with Crippen LogP contribution in [0.2, 0.25) is 0 Å². The minimum atomic E-state index is -0.598. The first-order valence-electron chi connectivity index (χ1n) is 8.41. The van der Waals surface area contributed by atoms with E-state index in [1.807, 2.05) is 24.3 Å². The van der Waals surface area contributed by atoms with E-state index in [1.165, 1.54) is 6.33 Å². The maximum atomic E-state index is 11.7. The van der Waals surface area contributed by atoms with E-state index in [4.69, 9.17) is 4.74 Å². The molecule has 0 spiro atoms. The predicted molar refractivity (Wildman–Crippen MR) is 112 cm³/mol. The minimum absolute atomic E-state index is 0.0294. The number of nitro groups is 1. The number of hydrogen-bond acceptors (Lipinski definition) is 8. The maximum Gasteiger partial charge on any atom is 0.374 e. The molecule has 0 aliphatic heterocycles. The summed E-state index contributed by atoms with van der Waals surface area (Å²) in [6, 6.07) is 16.2. The number of hydrogen-bond donors (Lipinski definition) is 2. The second-order valence-corrected chi connectivity index (χ2v) is 6.65. The molecule has 0 unspecified atom stereocenters. The lowest BCUT2D eigenvalue weighted by atomic mass is 10.2. The molecular weight excluding hydrogens is 440 g/mol. The molecule has 0 radical (unpaired) electrons. The zero-order chi connectivity index (χ0) is 20.2. The Balaban J connectivity index is 1.70. The number of anilines is 2. The Morgan fingerprint density at radius 3 is 2.59 bits per heavy atom. The highest BCUT2D eigenvalue weighted by Gasteiger charge is 2.26. The highest BCUT2D eigenvalue weighted by atomic mass is 79.9. The van der Waals surface area contributed by atoms with Crippen LogP contribution in [-0.4, -0.2) is 19.9 Å². The first-order valence-corrected chi connectivity index (χ1v) is 9.20. The molecule has 2 heterocycles. The molecular formula is C19H13BrN6O3. The van der Waals surface area contributed by atoms with Gasteiger partial charge in [-0.2, -0.15) is 4.98 Å². The van der Waals surface area contributed by atoms with Gasteiger partial charge in [-0.3, -0.25) is 25.9 Å². The summed E-state index contributed by atoms with van der Waals surface area (Å²) in [7, 11) is 0. The van der Waals surface area contributed by atoms with Crippen LogP contribution in [0, 0.1) is 10.1 Å². The molecule has 0 aliphatic carbocycles. The third kappa shape index (κ3) is 3.92. The third-order valence-corrected chi connectivity index (χ3v) is 4.65. The molecule has 29 heavy (non-hydrogen) atoms. The van der Waals surface area contributed by atoms with Gasteiger partial charge < -0.3 is 4.74 Å². The number of hydrazine groups is 1.